The minimum Gasteiger partial charge on any atom is -0.381 e. The van der Waals surface area contributed by atoms with E-state index in [0.717, 1.165) is 24.2 Å². The second-order valence-electron chi connectivity index (χ2n) is 3.70. The first-order valence-corrected chi connectivity index (χ1v) is 5.60. The Kier molecular flexibility index (Phi) is 4.42. The topological polar surface area (TPSA) is 37.9 Å². The molecule has 4 heteroatoms. The second-order valence-corrected chi connectivity index (χ2v) is 4.08. The lowest BCUT2D eigenvalue weighted by molar-refractivity contribution is 0.117. The van der Waals surface area contributed by atoms with Gasteiger partial charge in [-0.3, -0.25) is 0 Å². The quantitative estimate of drug-likeness (QED) is 0.802. The number of aromatic amines is 1. The first kappa shape index (κ1) is 12.3. The normalized spacial score (nSPS) is 12.8. The molecule has 0 fully saturated rings. The Bertz CT molecular complexity index is 387. The van der Waals surface area contributed by atoms with Crippen LogP contribution in [0.1, 0.15) is 30.9 Å². The maximum atomic E-state index is 5.21. The molecule has 84 valence electrons. The molecule has 1 rings (SSSR count). The van der Waals surface area contributed by atoms with E-state index in [0.29, 0.717) is 4.64 Å². The number of aromatic nitrogens is 2. The second kappa shape index (κ2) is 5.37. The number of ether oxygens (including phenoxy) is 1. The number of methoxy groups -OCH3 is 1. The molecule has 0 aliphatic heterocycles. The van der Waals surface area contributed by atoms with Crippen LogP contribution in [0.2, 0.25) is 0 Å². The Morgan fingerprint density at radius 2 is 2.20 bits per heavy atom. The molecule has 0 amide bonds. The van der Waals surface area contributed by atoms with Gasteiger partial charge >= 0.3 is 0 Å². The highest BCUT2D eigenvalue weighted by Crippen LogP contribution is 2.09. The number of rotatable bonds is 4. The lowest BCUT2D eigenvalue weighted by Crippen LogP contribution is -2.13. The van der Waals surface area contributed by atoms with Crippen LogP contribution < -0.4 is 0 Å². The van der Waals surface area contributed by atoms with Gasteiger partial charge in [0.1, 0.15) is 10.5 Å². The predicted molar refractivity (Wildman–Crippen MR) is 63.7 cm³/mol. The van der Waals surface area contributed by atoms with Crippen molar-refractivity contribution in [3.63, 3.8) is 0 Å². The lowest BCUT2D eigenvalue weighted by atomic mass is 10.2. The van der Waals surface area contributed by atoms with Crippen molar-refractivity contribution in [3.05, 3.63) is 21.7 Å². The number of hydrogen-bond donors (Lipinski definition) is 1. The molecule has 15 heavy (non-hydrogen) atoms. The summed E-state index contributed by atoms with van der Waals surface area (Å²) >= 11 is 5.21. The van der Waals surface area contributed by atoms with Crippen LogP contribution in [0.25, 0.3) is 0 Å². The molecule has 0 saturated heterocycles. The molecular weight excluding hydrogens is 208 g/mol. The molecule has 0 spiro atoms. The SMILES string of the molecule is CCc1[nH]c(CC(C)OC)nc(=S)c1C. The van der Waals surface area contributed by atoms with Crippen LogP contribution in [0.4, 0.5) is 0 Å². The molecule has 1 heterocycles. The largest absolute Gasteiger partial charge is 0.381 e. The van der Waals surface area contributed by atoms with E-state index in [1.807, 2.05) is 13.8 Å². The zero-order valence-electron chi connectivity index (χ0n) is 9.76. The van der Waals surface area contributed by atoms with E-state index in [2.05, 4.69) is 16.9 Å². The molecule has 1 aromatic heterocycles. The molecule has 0 bridgehead atoms. The van der Waals surface area contributed by atoms with Crippen molar-refractivity contribution in [2.45, 2.75) is 39.7 Å². The van der Waals surface area contributed by atoms with E-state index < -0.39 is 0 Å². The van der Waals surface area contributed by atoms with Gasteiger partial charge in [0, 0.05) is 24.8 Å². The summed E-state index contributed by atoms with van der Waals surface area (Å²) < 4.78 is 5.90. The molecule has 1 atom stereocenters. The van der Waals surface area contributed by atoms with Crippen LogP contribution in [0, 0.1) is 11.6 Å². The average molecular weight is 226 g/mol. The molecule has 0 saturated carbocycles. The van der Waals surface area contributed by atoms with E-state index in [1.54, 1.807) is 7.11 Å². The molecular formula is C11H18N2OS. The summed E-state index contributed by atoms with van der Waals surface area (Å²) in [6.07, 6.45) is 1.88. The first-order valence-electron chi connectivity index (χ1n) is 5.20. The third-order valence-electron chi connectivity index (χ3n) is 2.54. The van der Waals surface area contributed by atoms with Gasteiger partial charge in [-0.15, -0.1) is 0 Å². The van der Waals surface area contributed by atoms with Gasteiger partial charge < -0.3 is 9.72 Å². The number of hydrogen-bond acceptors (Lipinski definition) is 3. The third kappa shape index (κ3) is 3.11. The molecule has 0 aliphatic carbocycles. The fourth-order valence-electron chi connectivity index (χ4n) is 1.44. The van der Waals surface area contributed by atoms with Crippen molar-refractivity contribution >= 4 is 12.2 Å². The van der Waals surface area contributed by atoms with Gasteiger partial charge in [0.15, 0.2) is 0 Å². The zero-order valence-corrected chi connectivity index (χ0v) is 10.6. The summed E-state index contributed by atoms with van der Waals surface area (Å²) in [6, 6.07) is 0. The zero-order chi connectivity index (χ0) is 11.4. The fourth-order valence-corrected chi connectivity index (χ4v) is 1.67. The van der Waals surface area contributed by atoms with Crippen molar-refractivity contribution in [1.29, 1.82) is 0 Å². The van der Waals surface area contributed by atoms with E-state index >= 15 is 0 Å². The summed E-state index contributed by atoms with van der Waals surface area (Å²) in [4.78, 5) is 7.66. The number of aryl methyl sites for hydroxylation is 1. The lowest BCUT2D eigenvalue weighted by Gasteiger charge is -2.11. The molecule has 3 nitrogen and oxygen atoms in total. The predicted octanol–water partition coefficient (Wildman–Crippen LogP) is 2.59. The van der Waals surface area contributed by atoms with E-state index in [-0.39, 0.29) is 6.10 Å². The van der Waals surface area contributed by atoms with Crippen molar-refractivity contribution in [2.75, 3.05) is 7.11 Å². The highest BCUT2D eigenvalue weighted by Gasteiger charge is 2.07. The summed E-state index contributed by atoms with van der Waals surface area (Å²) in [7, 11) is 1.70. The standard InChI is InChI=1S/C11H18N2OS/c1-5-9-8(3)11(15)13-10(12-9)6-7(2)14-4/h7H,5-6H2,1-4H3,(H,12,13,15). The highest BCUT2D eigenvalue weighted by atomic mass is 32.1. The Balaban J connectivity index is 3.01. The van der Waals surface area contributed by atoms with E-state index in [9.17, 15) is 0 Å². The van der Waals surface area contributed by atoms with Crippen LogP contribution in [-0.4, -0.2) is 23.2 Å². The minimum atomic E-state index is 0.163. The van der Waals surface area contributed by atoms with E-state index in [1.165, 1.54) is 5.69 Å². The monoisotopic (exact) mass is 226 g/mol. The van der Waals surface area contributed by atoms with Crippen LogP contribution in [0.3, 0.4) is 0 Å². The summed E-state index contributed by atoms with van der Waals surface area (Å²) in [6.45, 7) is 6.13. The molecule has 1 N–H and O–H groups in total. The summed E-state index contributed by atoms with van der Waals surface area (Å²) in [5, 5.41) is 0. The van der Waals surface area contributed by atoms with Crippen molar-refractivity contribution in [2.24, 2.45) is 0 Å². The van der Waals surface area contributed by atoms with Crippen LogP contribution in [-0.2, 0) is 17.6 Å². The number of nitrogens with zero attached hydrogens (tertiary/aromatic N) is 1. The summed E-state index contributed by atoms with van der Waals surface area (Å²) in [5.74, 6) is 0.914. The highest BCUT2D eigenvalue weighted by molar-refractivity contribution is 7.71. The van der Waals surface area contributed by atoms with Crippen molar-refractivity contribution in [1.82, 2.24) is 9.97 Å². The van der Waals surface area contributed by atoms with Gasteiger partial charge in [0.05, 0.1) is 6.10 Å². The maximum absolute atomic E-state index is 5.21. The van der Waals surface area contributed by atoms with Crippen molar-refractivity contribution < 1.29 is 4.74 Å². The Morgan fingerprint density at radius 3 is 2.73 bits per heavy atom. The average Bonchev–Trinajstić information content (AvgIpc) is 2.22. The molecule has 1 unspecified atom stereocenters. The molecule has 1 aromatic rings. The van der Waals surface area contributed by atoms with Gasteiger partial charge in [-0.2, -0.15) is 0 Å². The third-order valence-corrected chi connectivity index (χ3v) is 2.94. The minimum absolute atomic E-state index is 0.163. The van der Waals surface area contributed by atoms with Crippen molar-refractivity contribution in [3.8, 4) is 0 Å². The number of nitrogens with one attached hydrogen (secondary N) is 1. The fraction of sp³-hybridized carbons (Fsp3) is 0.636. The van der Waals surface area contributed by atoms with Crippen LogP contribution >= 0.6 is 12.2 Å². The molecule has 0 aliphatic rings. The van der Waals surface area contributed by atoms with E-state index in [4.69, 9.17) is 17.0 Å². The Morgan fingerprint density at radius 1 is 1.53 bits per heavy atom. The van der Waals surface area contributed by atoms with Crippen LogP contribution in [0.15, 0.2) is 0 Å². The van der Waals surface area contributed by atoms with Gasteiger partial charge in [-0.1, -0.05) is 19.1 Å². The van der Waals surface area contributed by atoms with Gasteiger partial charge in [-0.05, 0) is 20.3 Å². The summed E-state index contributed by atoms with van der Waals surface area (Å²) in [5.41, 5.74) is 2.26. The first-order chi connectivity index (χ1) is 7.08. The Labute approximate surface area is 95.9 Å². The smallest absolute Gasteiger partial charge is 0.132 e. The number of H-pyrrole nitrogens is 1. The van der Waals surface area contributed by atoms with Gasteiger partial charge in [-0.25, -0.2) is 4.98 Å². The molecule has 0 aromatic carbocycles. The maximum Gasteiger partial charge on any atom is 0.132 e. The van der Waals surface area contributed by atoms with Gasteiger partial charge in [0.2, 0.25) is 0 Å². The van der Waals surface area contributed by atoms with Gasteiger partial charge in [0.25, 0.3) is 0 Å². The Hall–Kier alpha value is -0.740. The molecule has 0 radical (unpaired) electrons. The van der Waals surface area contributed by atoms with Crippen LogP contribution in [0.5, 0.6) is 0 Å².